The van der Waals surface area contributed by atoms with Gasteiger partial charge in [0.05, 0.1) is 16.0 Å². The Morgan fingerprint density at radius 1 is 0.854 bits per heavy atom. The molecule has 204 valence electrons. The highest BCUT2D eigenvalue weighted by atomic mass is 32.2. The number of amides is 3. The van der Waals surface area contributed by atoms with Gasteiger partial charge in [-0.25, -0.2) is 4.98 Å². The molecule has 0 atom stereocenters. The first kappa shape index (κ1) is 27.8. The number of para-hydroxylation sites is 1. The summed E-state index contributed by atoms with van der Waals surface area (Å²) < 4.78 is 1.02. The molecule has 0 saturated heterocycles. The lowest BCUT2D eigenvalue weighted by atomic mass is 10.1. The van der Waals surface area contributed by atoms with Crippen LogP contribution in [0.4, 0.5) is 10.8 Å². The maximum atomic E-state index is 13.2. The minimum atomic E-state index is -0.452. The minimum Gasteiger partial charge on any atom is -0.321 e. The molecule has 0 radical (unpaired) electrons. The molecule has 7 nitrogen and oxygen atoms in total. The van der Waals surface area contributed by atoms with Gasteiger partial charge in [0.2, 0.25) is 5.91 Å². The van der Waals surface area contributed by atoms with Crippen molar-refractivity contribution in [2.45, 2.75) is 11.8 Å². The van der Waals surface area contributed by atoms with Crippen molar-refractivity contribution in [3.05, 3.63) is 126 Å². The molecular formula is C32H26N4O3S2. The zero-order chi connectivity index (χ0) is 28.6. The second kappa shape index (κ2) is 13.1. The Balaban J connectivity index is 1.21. The quantitative estimate of drug-likeness (QED) is 0.133. The van der Waals surface area contributed by atoms with Gasteiger partial charge in [-0.3, -0.25) is 14.4 Å². The SMILES string of the molecule is Cc1cccc(/C=C(\NC(=O)c2ccccc2)C(=O)Nc2ccc(SCC(=O)Nc3nc4ccccc4s3)cc2)c1. The maximum Gasteiger partial charge on any atom is 0.272 e. The molecule has 0 spiro atoms. The molecule has 3 N–H and O–H groups in total. The molecule has 0 saturated carbocycles. The summed E-state index contributed by atoms with van der Waals surface area (Å²) in [6, 6.07) is 31.3. The van der Waals surface area contributed by atoms with Crippen LogP contribution in [0.1, 0.15) is 21.5 Å². The summed E-state index contributed by atoms with van der Waals surface area (Å²) in [4.78, 5) is 43.8. The summed E-state index contributed by atoms with van der Waals surface area (Å²) >= 11 is 2.82. The van der Waals surface area contributed by atoms with E-state index in [0.717, 1.165) is 26.2 Å². The Morgan fingerprint density at radius 2 is 1.61 bits per heavy atom. The molecule has 9 heteroatoms. The lowest BCUT2D eigenvalue weighted by Crippen LogP contribution is -2.30. The standard InChI is InChI=1S/C32H26N4O3S2/c1-21-8-7-9-22(18-21)19-27(34-30(38)23-10-3-2-4-11-23)31(39)33-24-14-16-25(17-15-24)40-20-29(37)36-32-35-26-12-5-6-13-28(26)41-32/h2-19H,20H2,1H3,(H,33,39)(H,34,38)(H,35,36,37)/b27-19-. The fourth-order valence-electron chi connectivity index (χ4n) is 3.93. The number of carbonyl (C=O) groups is 3. The lowest BCUT2D eigenvalue weighted by Gasteiger charge is -2.12. The zero-order valence-corrected chi connectivity index (χ0v) is 23.7. The van der Waals surface area contributed by atoms with E-state index in [1.807, 2.05) is 73.7 Å². The smallest absolute Gasteiger partial charge is 0.272 e. The molecule has 5 rings (SSSR count). The van der Waals surface area contributed by atoms with Crippen molar-refractivity contribution >= 4 is 67.9 Å². The number of benzene rings is 4. The van der Waals surface area contributed by atoms with E-state index in [2.05, 4.69) is 20.9 Å². The summed E-state index contributed by atoms with van der Waals surface area (Å²) in [5.74, 6) is -0.760. The molecule has 0 fully saturated rings. The van der Waals surface area contributed by atoms with Crippen molar-refractivity contribution in [2.75, 3.05) is 16.4 Å². The van der Waals surface area contributed by atoms with E-state index in [1.165, 1.54) is 23.1 Å². The Bertz CT molecular complexity index is 1700. The van der Waals surface area contributed by atoms with Crippen LogP contribution in [0.25, 0.3) is 16.3 Å². The first-order valence-corrected chi connectivity index (χ1v) is 14.6. The monoisotopic (exact) mass is 578 g/mol. The largest absolute Gasteiger partial charge is 0.321 e. The van der Waals surface area contributed by atoms with Crippen LogP contribution in [0.15, 0.2) is 114 Å². The summed E-state index contributed by atoms with van der Waals surface area (Å²) in [6.07, 6.45) is 1.65. The van der Waals surface area contributed by atoms with Crippen molar-refractivity contribution in [3.63, 3.8) is 0 Å². The normalized spacial score (nSPS) is 11.2. The highest BCUT2D eigenvalue weighted by molar-refractivity contribution is 8.00. The van der Waals surface area contributed by atoms with Crippen molar-refractivity contribution in [1.29, 1.82) is 0 Å². The molecule has 0 bridgehead atoms. The molecular weight excluding hydrogens is 553 g/mol. The summed E-state index contributed by atoms with van der Waals surface area (Å²) in [6.45, 7) is 1.96. The number of aryl methyl sites for hydroxylation is 1. The first-order valence-electron chi connectivity index (χ1n) is 12.8. The third kappa shape index (κ3) is 7.69. The van der Waals surface area contributed by atoms with Crippen LogP contribution >= 0.6 is 23.1 Å². The predicted molar refractivity (Wildman–Crippen MR) is 167 cm³/mol. The average molecular weight is 579 g/mol. The van der Waals surface area contributed by atoms with E-state index in [9.17, 15) is 14.4 Å². The summed E-state index contributed by atoms with van der Waals surface area (Å²) in [7, 11) is 0. The average Bonchev–Trinajstić information content (AvgIpc) is 3.39. The molecule has 1 heterocycles. The number of fused-ring (bicyclic) bond motifs is 1. The number of thioether (sulfide) groups is 1. The summed E-state index contributed by atoms with van der Waals surface area (Å²) in [5.41, 5.74) is 3.81. The van der Waals surface area contributed by atoms with E-state index >= 15 is 0 Å². The minimum absolute atomic E-state index is 0.120. The molecule has 4 aromatic carbocycles. The highest BCUT2D eigenvalue weighted by Crippen LogP contribution is 2.26. The second-order valence-corrected chi connectivity index (χ2v) is 11.2. The van der Waals surface area contributed by atoms with E-state index in [0.29, 0.717) is 16.4 Å². The number of nitrogens with zero attached hydrogens (tertiary/aromatic N) is 1. The van der Waals surface area contributed by atoms with E-state index in [1.54, 1.807) is 42.5 Å². The zero-order valence-electron chi connectivity index (χ0n) is 22.1. The molecule has 1 aromatic heterocycles. The van der Waals surface area contributed by atoms with Gasteiger partial charge in [-0.2, -0.15) is 0 Å². The molecule has 0 aliphatic rings. The molecule has 3 amide bonds. The molecule has 41 heavy (non-hydrogen) atoms. The van der Waals surface area contributed by atoms with Crippen LogP contribution in [0.3, 0.4) is 0 Å². The van der Waals surface area contributed by atoms with E-state index in [-0.39, 0.29) is 23.3 Å². The Morgan fingerprint density at radius 3 is 2.37 bits per heavy atom. The molecule has 5 aromatic rings. The van der Waals surface area contributed by atoms with Crippen LogP contribution in [0.2, 0.25) is 0 Å². The number of carbonyl (C=O) groups excluding carboxylic acids is 3. The number of hydrogen-bond acceptors (Lipinski definition) is 6. The van der Waals surface area contributed by atoms with Gasteiger partial charge in [-0.1, -0.05) is 71.5 Å². The predicted octanol–water partition coefficient (Wildman–Crippen LogP) is 6.75. The van der Waals surface area contributed by atoms with Crippen LogP contribution < -0.4 is 16.0 Å². The summed E-state index contributed by atoms with van der Waals surface area (Å²) in [5, 5.41) is 9.03. The number of thiazole rings is 1. The molecule has 0 aliphatic heterocycles. The van der Waals surface area contributed by atoms with Crippen molar-refractivity contribution in [2.24, 2.45) is 0 Å². The van der Waals surface area contributed by atoms with Crippen LogP contribution in [0, 0.1) is 6.92 Å². The Kier molecular flexibility index (Phi) is 8.88. The third-order valence-electron chi connectivity index (χ3n) is 5.90. The fourth-order valence-corrected chi connectivity index (χ4v) is 5.51. The fraction of sp³-hybridized carbons (Fsp3) is 0.0625. The molecule has 0 unspecified atom stereocenters. The van der Waals surface area contributed by atoms with E-state index < -0.39 is 5.91 Å². The number of anilines is 2. The third-order valence-corrected chi connectivity index (χ3v) is 7.87. The Labute approximate surface area is 245 Å². The van der Waals surface area contributed by atoms with Gasteiger partial charge in [-0.05, 0) is 67.1 Å². The van der Waals surface area contributed by atoms with Gasteiger partial charge >= 0.3 is 0 Å². The van der Waals surface area contributed by atoms with Crippen molar-refractivity contribution in [1.82, 2.24) is 10.3 Å². The second-order valence-electron chi connectivity index (χ2n) is 9.09. The van der Waals surface area contributed by atoms with Gasteiger partial charge < -0.3 is 16.0 Å². The van der Waals surface area contributed by atoms with Crippen molar-refractivity contribution < 1.29 is 14.4 Å². The van der Waals surface area contributed by atoms with Crippen LogP contribution in [-0.4, -0.2) is 28.5 Å². The topological polar surface area (TPSA) is 100 Å². The van der Waals surface area contributed by atoms with Gasteiger partial charge in [0, 0.05) is 16.1 Å². The number of aromatic nitrogens is 1. The van der Waals surface area contributed by atoms with Crippen LogP contribution in [0.5, 0.6) is 0 Å². The Hall–Kier alpha value is -4.73. The van der Waals surface area contributed by atoms with Gasteiger partial charge in [-0.15, -0.1) is 11.8 Å². The van der Waals surface area contributed by atoms with Gasteiger partial charge in [0.15, 0.2) is 5.13 Å². The van der Waals surface area contributed by atoms with Gasteiger partial charge in [0.1, 0.15) is 5.70 Å². The number of nitrogens with one attached hydrogen (secondary N) is 3. The first-order chi connectivity index (χ1) is 19.9. The van der Waals surface area contributed by atoms with E-state index in [4.69, 9.17) is 0 Å². The van der Waals surface area contributed by atoms with Crippen LogP contribution in [-0.2, 0) is 9.59 Å². The van der Waals surface area contributed by atoms with Crippen molar-refractivity contribution in [3.8, 4) is 0 Å². The maximum absolute atomic E-state index is 13.2. The number of hydrogen-bond donors (Lipinski definition) is 3. The van der Waals surface area contributed by atoms with Gasteiger partial charge in [0.25, 0.3) is 11.8 Å². The number of rotatable bonds is 9. The lowest BCUT2D eigenvalue weighted by molar-refractivity contribution is -0.114. The molecule has 0 aliphatic carbocycles. The highest BCUT2D eigenvalue weighted by Gasteiger charge is 2.15.